The van der Waals surface area contributed by atoms with E-state index >= 15 is 0 Å². The first-order valence-electron chi connectivity index (χ1n) is 6.49. The third kappa shape index (κ3) is 3.25. The molecule has 0 aliphatic heterocycles. The zero-order chi connectivity index (χ0) is 15.4. The van der Waals surface area contributed by atoms with Gasteiger partial charge in [-0.15, -0.1) is 0 Å². The number of aromatic nitrogens is 3. The van der Waals surface area contributed by atoms with Gasteiger partial charge < -0.3 is 10.4 Å². The number of aliphatic carboxylic acids is 1. The van der Waals surface area contributed by atoms with Crippen LogP contribution < -0.4 is 5.32 Å². The van der Waals surface area contributed by atoms with Crippen LogP contribution in [-0.2, 0) is 9.59 Å². The third-order valence-corrected chi connectivity index (χ3v) is 3.32. The minimum absolute atomic E-state index is 0.369. The molecule has 0 saturated carbocycles. The van der Waals surface area contributed by atoms with Gasteiger partial charge in [0.2, 0.25) is 5.91 Å². The molecule has 0 saturated heterocycles. The van der Waals surface area contributed by atoms with E-state index in [1.807, 2.05) is 0 Å². The molecule has 21 heavy (non-hydrogen) atoms. The van der Waals surface area contributed by atoms with E-state index in [0.717, 1.165) is 0 Å². The SMILES string of the molecule is CC(C(=O)O)C(C)C(=O)Nc1cccnc1-n1cccn1. The molecule has 0 radical (unpaired) electrons. The van der Waals surface area contributed by atoms with E-state index in [2.05, 4.69) is 15.4 Å². The summed E-state index contributed by atoms with van der Waals surface area (Å²) in [4.78, 5) is 27.3. The second kappa shape index (κ2) is 6.17. The van der Waals surface area contributed by atoms with Crippen LogP contribution >= 0.6 is 0 Å². The molecule has 2 unspecified atom stereocenters. The van der Waals surface area contributed by atoms with E-state index in [4.69, 9.17) is 5.11 Å². The average Bonchev–Trinajstić information content (AvgIpc) is 3.00. The topological polar surface area (TPSA) is 97.1 Å². The quantitative estimate of drug-likeness (QED) is 0.870. The Morgan fingerprint density at radius 1 is 1.24 bits per heavy atom. The van der Waals surface area contributed by atoms with E-state index in [1.54, 1.807) is 43.7 Å². The number of amides is 1. The molecular weight excluding hydrogens is 272 g/mol. The summed E-state index contributed by atoms with van der Waals surface area (Å²) in [5, 5.41) is 15.7. The zero-order valence-corrected chi connectivity index (χ0v) is 11.7. The van der Waals surface area contributed by atoms with Crippen molar-refractivity contribution in [3.63, 3.8) is 0 Å². The molecule has 7 heteroatoms. The lowest BCUT2D eigenvalue weighted by Gasteiger charge is -2.17. The summed E-state index contributed by atoms with van der Waals surface area (Å²) in [5.41, 5.74) is 0.482. The minimum atomic E-state index is -1.00. The minimum Gasteiger partial charge on any atom is -0.481 e. The van der Waals surface area contributed by atoms with E-state index in [9.17, 15) is 9.59 Å². The summed E-state index contributed by atoms with van der Waals surface area (Å²) in [6, 6.07) is 5.13. The molecule has 0 spiro atoms. The Morgan fingerprint density at radius 3 is 2.62 bits per heavy atom. The molecular formula is C14H16N4O3. The predicted octanol–water partition coefficient (Wildman–Crippen LogP) is 1.56. The van der Waals surface area contributed by atoms with Crippen molar-refractivity contribution in [3.8, 4) is 5.82 Å². The molecule has 7 nitrogen and oxygen atoms in total. The summed E-state index contributed by atoms with van der Waals surface area (Å²) in [6.07, 6.45) is 4.91. The zero-order valence-electron chi connectivity index (χ0n) is 11.7. The number of pyridine rings is 1. The summed E-state index contributed by atoms with van der Waals surface area (Å²) < 4.78 is 1.53. The number of rotatable bonds is 5. The maximum atomic E-state index is 12.1. The number of anilines is 1. The summed E-state index contributed by atoms with van der Waals surface area (Å²) in [5.74, 6) is -2.32. The third-order valence-electron chi connectivity index (χ3n) is 3.32. The number of carboxylic acids is 1. The van der Waals surface area contributed by atoms with Crippen LogP contribution in [0.4, 0.5) is 5.69 Å². The molecule has 0 aromatic carbocycles. The van der Waals surface area contributed by atoms with Crippen LogP contribution in [0.3, 0.4) is 0 Å². The fourth-order valence-corrected chi connectivity index (χ4v) is 1.76. The van der Waals surface area contributed by atoms with Gasteiger partial charge in [-0.2, -0.15) is 5.10 Å². The highest BCUT2D eigenvalue weighted by Gasteiger charge is 2.26. The Balaban J connectivity index is 2.21. The van der Waals surface area contributed by atoms with Gasteiger partial charge in [0.15, 0.2) is 5.82 Å². The number of carbonyl (C=O) groups excluding carboxylic acids is 1. The fraction of sp³-hybridized carbons (Fsp3) is 0.286. The van der Waals surface area contributed by atoms with Crippen molar-refractivity contribution < 1.29 is 14.7 Å². The molecule has 110 valence electrons. The van der Waals surface area contributed by atoms with Gasteiger partial charge in [0.05, 0.1) is 11.6 Å². The molecule has 2 aromatic heterocycles. The monoisotopic (exact) mass is 288 g/mol. The highest BCUT2D eigenvalue weighted by molar-refractivity contribution is 5.95. The molecule has 2 N–H and O–H groups in total. The van der Waals surface area contributed by atoms with Gasteiger partial charge in [-0.1, -0.05) is 13.8 Å². The van der Waals surface area contributed by atoms with E-state index in [0.29, 0.717) is 11.5 Å². The van der Waals surface area contributed by atoms with E-state index in [-0.39, 0.29) is 5.91 Å². The predicted molar refractivity (Wildman–Crippen MR) is 76.0 cm³/mol. The van der Waals surface area contributed by atoms with Gasteiger partial charge in [0, 0.05) is 24.5 Å². The molecule has 2 rings (SSSR count). The van der Waals surface area contributed by atoms with Crippen molar-refractivity contribution in [3.05, 3.63) is 36.8 Å². The van der Waals surface area contributed by atoms with Crippen LogP contribution in [0.25, 0.3) is 5.82 Å². The smallest absolute Gasteiger partial charge is 0.307 e. The van der Waals surface area contributed by atoms with Gasteiger partial charge in [0.25, 0.3) is 0 Å². The second-order valence-corrected chi connectivity index (χ2v) is 4.73. The highest BCUT2D eigenvalue weighted by atomic mass is 16.4. The number of hydrogen-bond acceptors (Lipinski definition) is 4. The summed E-state index contributed by atoms with van der Waals surface area (Å²) in [6.45, 7) is 3.09. The van der Waals surface area contributed by atoms with Crippen LogP contribution in [0.1, 0.15) is 13.8 Å². The van der Waals surface area contributed by atoms with Crippen LogP contribution in [0.15, 0.2) is 36.8 Å². The van der Waals surface area contributed by atoms with Crippen molar-refractivity contribution in [2.75, 3.05) is 5.32 Å². The van der Waals surface area contributed by atoms with Crippen molar-refractivity contribution in [1.29, 1.82) is 0 Å². The largest absolute Gasteiger partial charge is 0.481 e. The Morgan fingerprint density at radius 2 is 2.00 bits per heavy atom. The maximum Gasteiger partial charge on any atom is 0.307 e. The second-order valence-electron chi connectivity index (χ2n) is 4.73. The molecule has 0 fully saturated rings. The number of nitrogens with zero attached hydrogens (tertiary/aromatic N) is 3. The maximum absolute atomic E-state index is 12.1. The van der Waals surface area contributed by atoms with Crippen molar-refractivity contribution in [1.82, 2.24) is 14.8 Å². The first-order valence-corrected chi connectivity index (χ1v) is 6.49. The lowest BCUT2D eigenvalue weighted by molar-refractivity contribution is -0.145. The summed E-state index contributed by atoms with van der Waals surface area (Å²) in [7, 11) is 0. The van der Waals surface area contributed by atoms with Crippen molar-refractivity contribution in [2.24, 2.45) is 11.8 Å². The van der Waals surface area contributed by atoms with E-state index < -0.39 is 17.8 Å². The molecule has 0 bridgehead atoms. The number of carbonyl (C=O) groups is 2. The number of carboxylic acid groups (broad SMARTS) is 1. The van der Waals surface area contributed by atoms with Crippen LogP contribution in [0.2, 0.25) is 0 Å². The molecule has 0 aliphatic carbocycles. The average molecular weight is 288 g/mol. The Hall–Kier alpha value is -2.70. The lowest BCUT2D eigenvalue weighted by Crippen LogP contribution is -2.30. The first-order chi connectivity index (χ1) is 10.0. The van der Waals surface area contributed by atoms with Gasteiger partial charge >= 0.3 is 5.97 Å². The molecule has 2 aromatic rings. The highest BCUT2D eigenvalue weighted by Crippen LogP contribution is 2.19. The Labute approximate surface area is 121 Å². The van der Waals surface area contributed by atoms with Crippen LogP contribution in [0, 0.1) is 11.8 Å². The number of hydrogen-bond donors (Lipinski definition) is 2. The molecule has 2 heterocycles. The van der Waals surface area contributed by atoms with Gasteiger partial charge in [-0.3, -0.25) is 9.59 Å². The molecule has 0 aliphatic rings. The number of nitrogens with one attached hydrogen (secondary N) is 1. The normalized spacial score (nSPS) is 13.4. The standard InChI is InChI=1S/C14H16N4O3/c1-9(10(2)14(20)21)13(19)17-11-5-3-6-15-12(11)18-8-4-7-16-18/h3-10H,1-2H3,(H,17,19)(H,20,21). The van der Waals surface area contributed by atoms with E-state index in [1.165, 1.54) is 11.6 Å². The van der Waals surface area contributed by atoms with Crippen molar-refractivity contribution >= 4 is 17.6 Å². The molecule has 2 atom stereocenters. The van der Waals surface area contributed by atoms with Crippen molar-refractivity contribution in [2.45, 2.75) is 13.8 Å². The fourth-order valence-electron chi connectivity index (χ4n) is 1.76. The Kier molecular flexibility index (Phi) is 4.32. The lowest BCUT2D eigenvalue weighted by atomic mass is 9.95. The Bertz CT molecular complexity index is 639. The van der Waals surface area contributed by atoms with Gasteiger partial charge in [0.1, 0.15) is 0 Å². The van der Waals surface area contributed by atoms with Crippen LogP contribution in [-0.4, -0.2) is 31.7 Å². The molecule has 1 amide bonds. The van der Waals surface area contributed by atoms with Crippen LogP contribution in [0.5, 0.6) is 0 Å². The summed E-state index contributed by atoms with van der Waals surface area (Å²) >= 11 is 0. The van der Waals surface area contributed by atoms with Gasteiger partial charge in [-0.05, 0) is 18.2 Å². The first kappa shape index (κ1) is 14.7. The van der Waals surface area contributed by atoms with Gasteiger partial charge in [-0.25, -0.2) is 9.67 Å².